The first-order valence-electron chi connectivity index (χ1n) is 9.38. The predicted molar refractivity (Wildman–Crippen MR) is 117 cm³/mol. The fourth-order valence-electron chi connectivity index (χ4n) is 3.67. The largest absolute Gasteiger partial charge is 0.410 e. The highest BCUT2D eigenvalue weighted by molar-refractivity contribution is 7.99. The van der Waals surface area contributed by atoms with Crippen LogP contribution in [0.3, 0.4) is 0 Å². The molecule has 0 N–H and O–H groups in total. The summed E-state index contributed by atoms with van der Waals surface area (Å²) in [5, 5.41) is 10.2. The van der Waals surface area contributed by atoms with E-state index in [0.29, 0.717) is 22.2 Å². The summed E-state index contributed by atoms with van der Waals surface area (Å²) in [6, 6.07) is 10.5. The molecular formula is C21H18ClN3O2S2. The Kier molecular flexibility index (Phi) is 4.76. The third-order valence-corrected chi connectivity index (χ3v) is 7.64. The summed E-state index contributed by atoms with van der Waals surface area (Å²) >= 11 is 9.27. The van der Waals surface area contributed by atoms with Gasteiger partial charge in [0.1, 0.15) is 4.88 Å². The molecule has 0 aliphatic heterocycles. The second-order valence-electron chi connectivity index (χ2n) is 7.21. The number of aryl methyl sites for hydroxylation is 1. The van der Waals surface area contributed by atoms with Crippen molar-refractivity contribution in [3.05, 3.63) is 52.3 Å². The first kappa shape index (κ1) is 18.9. The summed E-state index contributed by atoms with van der Waals surface area (Å²) in [4.78, 5) is 13.5. The van der Waals surface area contributed by atoms with Crippen molar-refractivity contribution in [3.63, 3.8) is 0 Å². The molecule has 5 rings (SSSR count). The van der Waals surface area contributed by atoms with Gasteiger partial charge in [-0.15, -0.1) is 21.5 Å². The van der Waals surface area contributed by atoms with E-state index in [-0.39, 0.29) is 11.5 Å². The number of ketones is 1. The molecule has 29 heavy (non-hydrogen) atoms. The molecule has 0 radical (unpaired) electrons. The maximum atomic E-state index is 12.8. The smallest absolute Gasteiger partial charge is 0.277 e. The molecule has 0 amide bonds. The van der Waals surface area contributed by atoms with Crippen LogP contribution in [0.2, 0.25) is 5.02 Å². The van der Waals surface area contributed by atoms with Crippen LogP contribution < -0.4 is 0 Å². The molecule has 3 aromatic heterocycles. The fourth-order valence-corrected chi connectivity index (χ4v) is 5.75. The maximum Gasteiger partial charge on any atom is 0.277 e. The highest BCUT2D eigenvalue weighted by Crippen LogP contribution is 2.42. The molecule has 1 fully saturated rings. The Hall–Kier alpha value is -2.09. The van der Waals surface area contributed by atoms with E-state index in [1.54, 1.807) is 0 Å². The van der Waals surface area contributed by atoms with Gasteiger partial charge in [-0.2, -0.15) is 0 Å². The predicted octanol–water partition coefficient (Wildman–Crippen LogP) is 6.33. The van der Waals surface area contributed by atoms with Crippen LogP contribution in [-0.2, 0) is 0 Å². The molecule has 1 saturated carbocycles. The molecule has 0 bridgehead atoms. The van der Waals surface area contributed by atoms with Crippen LogP contribution in [0.25, 0.3) is 20.9 Å². The van der Waals surface area contributed by atoms with Gasteiger partial charge < -0.3 is 8.98 Å². The van der Waals surface area contributed by atoms with Gasteiger partial charge in [0.25, 0.3) is 11.1 Å². The number of hydrogen-bond acceptors (Lipinski definition) is 6. The van der Waals surface area contributed by atoms with Gasteiger partial charge in [-0.3, -0.25) is 4.79 Å². The number of Topliss-reactive ketones (excluding diaryl/α,β-unsaturated/α-hetero) is 1. The van der Waals surface area contributed by atoms with E-state index in [2.05, 4.69) is 21.7 Å². The lowest BCUT2D eigenvalue weighted by atomic mass is 10.2. The number of rotatable bonds is 6. The zero-order chi connectivity index (χ0) is 20.1. The first-order chi connectivity index (χ1) is 14.0. The van der Waals surface area contributed by atoms with Gasteiger partial charge in [0.15, 0.2) is 5.78 Å². The number of aromatic nitrogens is 3. The van der Waals surface area contributed by atoms with Crippen LogP contribution in [0, 0.1) is 13.8 Å². The zero-order valence-corrected chi connectivity index (χ0v) is 18.3. The molecule has 1 aromatic carbocycles. The summed E-state index contributed by atoms with van der Waals surface area (Å²) in [6.07, 6.45) is 2.40. The van der Waals surface area contributed by atoms with E-state index >= 15 is 0 Å². The van der Waals surface area contributed by atoms with Crippen molar-refractivity contribution in [2.45, 2.75) is 38.0 Å². The second-order valence-corrected chi connectivity index (χ2v) is 9.57. The van der Waals surface area contributed by atoms with Crippen molar-refractivity contribution < 1.29 is 9.21 Å². The summed E-state index contributed by atoms with van der Waals surface area (Å²) in [6.45, 7) is 4.09. The number of thioether (sulfide) groups is 1. The lowest BCUT2D eigenvalue weighted by Gasteiger charge is -2.07. The topological polar surface area (TPSA) is 60.9 Å². The molecule has 3 heterocycles. The van der Waals surface area contributed by atoms with Crippen molar-refractivity contribution in [1.82, 2.24) is 14.8 Å². The van der Waals surface area contributed by atoms with Crippen LogP contribution >= 0.6 is 34.7 Å². The average molecular weight is 444 g/mol. The van der Waals surface area contributed by atoms with Gasteiger partial charge >= 0.3 is 0 Å². The number of halogens is 1. The highest BCUT2D eigenvalue weighted by atomic mass is 35.5. The van der Waals surface area contributed by atoms with Crippen molar-refractivity contribution in [3.8, 4) is 10.8 Å². The number of benzene rings is 1. The Bertz CT molecular complexity index is 1240. The lowest BCUT2D eigenvalue weighted by molar-refractivity contribution is 0.102. The molecule has 1 aliphatic carbocycles. The minimum Gasteiger partial charge on any atom is -0.410 e. The second kappa shape index (κ2) is 7.31. The molecule has 0 unspecified atom stereocenters. The summed E-state index contributed by atoms with van der Waals surface area (Å²) in [5.41, 5.74) is 2.99. The summed E-state index contributed by atoms with van der Waals surface area (Å²) in [7, 11) is 0. The number of nitrogens with zero attached hydrogens (tertiary/aromatic N) is 3. The Balaban J connectivity index is 1.32. The van der Waals surface area contributed by atoms with Gasteiger partial charge in [0, 0.05) is 33.1 Å². The summed E-state index contributed by atoms with van der Waals surface area (Å²) in [5.74, 6) is 0.726. The molecule has 5 nitrogen and oxygen atoms in total. The van der Waals surface area contributed by atoms with Crippen LogP contribution in [0.5, 0.6) is 0 Å². The number of hydrogen-bond donors (Lipinski definition) is 0. The van der Waals surface area contributed by atoms with E-state index in [1.807, 2.05) is 37.3 Å². The van der Waals surface area contributed by atoms with Gasteiger partial charge in [-0.25, -0.2) is 0 Å². The lowest BCUT2D eigenvalue weighted by Crippen LogP contribution is -2.05. The first-order valence-corrected chi connectivity index (χ1v) is 11.6. The highest BCUT2D eigenvalue weighted by Gasteiger charge is 2.28. The molecule has 0 saturated heterocycles. The van der Waals surface area contributed by atoms with Crippen molar-refractivity contribution in [2.24, 2.45) is 0 Å². The van der Waals surface area contributed by atoms with E-state index in [4.69, 9.17) is 16.0 Å². The number of carbonyl (C=O) groups is 1. The Morgan fingerprint density at radius 2 is 2.10 bits per heavy atom. The van der Waals surface area contributed by atoms with Crippen LogP contribution in [0.15, 0.2) is 40.0 Å². The average Bonchev–Trinajstić information content (AvgIpc) is 3.21. The molecule has 0 spiro atoms. The van der Waals surface area contributed by atoms with E-state index in [0.717, 1.165) is 31.9 Å². The fraction of sp³-hybridized carbons (Fsp3) is 0.286. The van der Waals surface area contributed by atoms with Gasteiger partial charge in [0.05, 0.1) is 10.8 Å². The minimum absolute atomic E-state index is 0.0784. The maximum absolute atomic E-state index is 12.8. The molecule has 0 atom stereocenters. The van der Waals surface area contributed by atoms with E-state index in [9.17, 15) is 4.79 Å². The molecule has 1 aliphatic rings. The van der Waals surface area contributed by atoms with Crippen molar-refractivity contribution in [2.75, 3.05) is 5.75 Å². The van der Waals surface area contributed by atoms with Gasteiger partial charge in [-0.05, 0) is 38.8 Å². The molecule has 8 heteroatoms. The Morgan fingerprint density at radius 1 is 1.31 bits per heavy atom. The Morgan fingerprint density at radius 3 is 2.86 bits per heavy atom. The van der Waals surface area contributed by atoms with Crippen molar-refractivity contribution >= 4 is 50.6 Å². The van der Waals surface area contributed by atoms with Crippen LogP contribution in [-0.4, -0.2) is 26.3 Å². The normalized spacial score (nSPS) is 14.0. The van der Waals surface area contributed by atoms with Gasteiger partial charge in [-0.1, -0.05) is 41.6 Å². The third kappa shape index (κ3) is 3.41. The number of carbonyl (C=O) groups excluding carboxylic acids is 1. The van der Waals surface area contributed by atoms with Crippen LogP contribution in [0.4, 0.5) is 0 Å². The molecular weight excluding hydrogens is 426 g/mol. The zero-order valence-electron chi connectivity index (χ0n) is 15.9. The minimum atomic E-state index is 0.0784. The Labute approximate surface area is 181 Å². The monoisotopic (exact) mass is 443 g/mol. The number of thiophene rings is 1. The number of fused-ring (bicyclic) bond motifs is 1. The molecule has 4 aromatic rings. The van der Waals surface area contributed by atoms with Crippen molar-refractivity contribution in [1.29, 1.82) is 0 Å². The summed E-state index contributed by atoms with van der Waals surface area (Å²) < 4.78 is 9.14. The SMILES string of the molecule is Cc1cc(C(=O)CSc2nnc(-c3sc4ccccc4c3Cl)o2)c(C)n1C1CC1. The van der Waals surface area contributed by atoms with E-state index < -0.39 is 0 Å². The van der Waals surface area contributed by atoms with E-state index in [1.165, 1.54) is 35.9 Å². The third-order valence-electron chi connectivity index (χ3n) is 5.16. The molecule has 148 valence electrons. The van der Waals surface area contributed by atoms with Gasteiger partial charge in [0.2, 0.25) is 0 Å². The van der Waals surface area contributed by atoms with Crippen LogP contribution in [0.1, 0.15) is 40.6 Å². The quantitative estimate of drug-likeness (QED) is 0.257. The standard InChI is InChI=1S/C21H18ClN3O2S2/c1-11-9-15(12(2)25(11)13-7-8-13)16(26)10-28-21-24-23-20(27-21)19-18(22)14-5-3-4-6-17(14)29-19/h3-6,9,13H,7-8,10H2,1-2H3.